The fourth-order valence-electron chi connectivity index (χ4n) is 2.85. The molecule has 0 aliphatic carbocycles. The van der Waals surface area contributed by atoms with Crippen LogP contribution in [0, 0.1) is 11.8 Å². The Bertz CT molecular complexity index is 153. The Kier molecular flexibility index (Phi) is 6.26. The van der Waals surface area contributed by atoms with E-state index in [0.717, 1.165) is 11.8 Å². The first-order valence-corrected chi connectivity index (χ1v) is 6.83. The third-order valence-electron chi connectivity index (χ3n) is 3.81. The average molecular weight is 212 g/mol. The summed E-state index contributed by atoms with van der Waals surface area (Å²) in [6, 6.07) is 0. The molecule has 1 N–H and O–H groups in total. The topological polar surface area (TPSA) is 15.3 Å². The summed E-state index contributed by atoms with van der Waals surface area (Å²) in [5.74, 6) is 2.04. The molecule has 1 unspecified atom stereocenters. The van der Waals surface area contributed by atoms with Gasteiger partial charge in [-0.2, -0.15) is 0 Å². The molecule has 0 bridgehead atoms. The first kappa shape index (κ1) is 13.0. The Balaban J connectivity index is 0.000000531. The fraction of sp³-hybridized carbons (Fsp3) is 1.00. The maximum Gasteiger partial charge on any atom is 0.00127 e. The monoisotopic (exact) mass is 212 g/mol. The summed E-state index contributed by atoms with van der Waals surface area (Å²) in [5.41, 5.74) is 0. The van der Waals surface area contributed by atoms with E-state index in [1.165, 1.54) is 52.0 Å². The van der Waals surface area contributed by atoms with Gasteiger partial charge in [0.25, 0.3) is 0 Å². The van der Waals surface area contributed by atoms with Gasteiger partial charge < -0.3 is 10.2 Å². The maximum atomic E-state index is 3.45. The first-order valence-electron chi connectivity index (χ1n) is 6.83. The van der Waals surface area contributed by atoms with Crippen LogP contribution in [0.5, 0.6) is 0 Å². The highest BCUT2D eigenvalue weighted by Gasteiger charge is 2.29. The predicted molar refractivity (Wildman–Crippen MR) is 67.2 cm³/mol. The molecule has 0 radical (unpaired) electrons. The van der Waals surface area contributed by atoms with Crippen molar-refractivity contribution in [3.05, 3.63) is 0 Å². The number of hydrogen-bond acceptors (Lipinski definition) is 2. The van der Waals surface area contributed by atoms with E-state index in [4.69, 9.17) is 0 Å². The molecule has 2 rings (SSSR count). The Morgan fingerprint density at radius 1 is 1.07 bits per heavy atom. The molecule has 90 valence electrons. The van der Waals surface area contributed by atoms with Gasteiger partial charge in [-0.15, -0.1) is 0 Å². The van der Waals surface area contributed by atoms with Crippen LogP contribution in [0.1, 0.15) is 40.0 Å². The zero-order chi connectivity index (χ0) is 11.1. The van der Waals surface area contributed by atoms with Crippen molar-refractivity contribution in [2.24, 2.45) is 11.8 Å². The van der Waals surface area contributed by atoms with Gasteiger partial charge in [-0.3, -0.25) is 0 Å². The second-order valence-electron chi connectivity index (χ2n) is 4.53. The van der Waals surface area contributed by atoms with E-state index >= 15 is 0 Å². The number of piperidine rings is 1. The van der Waals surface area contributed by atoms with Gasteiger partial charge in [0, 0.05) is 6.54 Å². The van der Waals surface area contributed by atoms with Crippen molar-refractivity contribution in [3.8, 4) is 0 Å². The summed E-state index contributed by atoms with van der Waals surface area (Å²) in [4.78, 5) is 2.60. The highest BCUT2D eigenvalue weighted by atomic mass is 15.1. The Labute approximate surface area is 95.4 Å². The molecule has 0 saturated carbocycles. The van der Waals surface area contributed by atoms with E-state index in [9.17, 15) is 0 Å². The molecule has 2 nitrogen and oxygen atoms in total. The Hall–Kier alpha value is -0.0800. The van der Waals surface area contributed by atoms with E-state index in [1.807, 2.05) is 13.8 Å². The summed E-state index contributed by atoms with van der Waals surface area (Å²) in [6.45, 7) is 12.8. The average Bonchev–Trinajstić information content (AvgIpc) is 2.81. The van der Waals surface area contributed by atoms with Gasteiger partial charge in [0.05, 0.1) is 0 Å². The number of likely N-dealkylation sites (tertiary alicyclic amines) is 1. The molecule has 1 atom stereocenters. The third kappa shape index (κ3) is 3.76. The Morgan fingerprint density at radius 3 is 2.27 bits per heavy atom. The van der Waals surface area contributed by atoms with Gasteiger partial charge >= 0.3 is 0 Å². The van der Waals surface area contributed by atoms with Gasteiger partial charge in [-0.1, -0.05) is 20.8 Å². The van der Waals surface area contributed by atoms with E-state index in [2.05, 4.69) is 17.1 Å². The van der Waals surface area contributed by atoms with Gasteiger partial charge in [0.2, 0.25) is 0 Å². The van der Waals surface area contributed by atoms with Crippen molar-refractivity contribution in [1.82, 2.24) is 10.2 Å². The number of nitrogens with zero attached hydrogens (tertiary/aromatic N) is 1. The molecule has 0 aromatic carbocycles. The lowest BCUT2D eigenvalue weighted by molar-refractivity contribution is 0.249. The Morgan fingerprint density at radius 2 is 1.73 bits per heavy atom. The van der Waals surface area contributed by atoms with Crippen LogP contribution in [0.2, 0.25) is 0 Å². The van der Waals surface area contributed by atoms with Crippen LogP contribution in [0.25, 0.3) is 0 Å². The molecule has 0 aromatic heterocycles. The number of nitrogens with one attached hydrogen (secondary N) is 1. The quantitative estimate of drug-likeness (QED) is 0.756. The summed E-state index contributed by atoms with van der Waals surface area (Å²) in [5, 5.41) is 3.45. The molecule has 0 amide bonds. The molecular formula is C13H28N2. The van der Waals surface area contributed by atoms with Crippen LogP contribution in [-0.4, -0.2) is 37.6 Å². The molecular weight excluding hydrogens is 184 g/mol. The number of hydrogen-bond donors (Lipinski definition) is 1. The van der Waals surface area contributed by atoms with Crippen molar-refractivity contribution >= 4 is 0 Å². The standard InChI is InChI=1S/C11H22N2.C2H6/c1-2-13-8-5-11(9-13)10-3-6-12-7-4-10;1-2/h10-12H,2-9H2,1H3;1-2H3. The zero-order valence-electron chi connectivity index (χ0n) is 10.8. The minimum absolute atomic E-state index is 1.02. The zero-order valence-corrected chi connectivity index (χ0v) is 10.8. The smallest absolute Gasteiger partial charge is 0.00127 e. The van der Waals surface area contributed by atoms with Crippen LogP contribution >= 0.6 is 0 Å². The van der Waals surface area contributed by atoms with Crippen LogP contribution < -0.4 is 5.32 Å². The van der Waals surface area contributed by atoms with Crippen molar-refractivity contribution in [2.45, 2.75) is 40.0 Å². The summed E-state index contributed by atoms with van der Waals surface area (Å²) in [6.07, 6.45) is 4.29. The summed E-state index contributed by atoms with van der Waals surface area (Å²) in [7, 11) is 0. The van der Waals surface area contributed by atoms with Crippen LogP contribution in [0.4, 0.5) is 0 Å². The molecule has 2 saturated heterocycles. The van der Waals surface area contributed by atoms with E-state index in [-0.39, 0.29) is 0 Å². The minimum atomic E-state index is 1.02. The van der Waals surface area contributed by atoms with E-state index in [0.29, 0.717) is 0 Å². The third-order valence-corrected chi connectivity index (χ3v) is 3.81. The lowest BCUT2D eigenvalue weighted by Crippen LogP contribution is -2.32. The van der Waals surface area contributed by atoms with Gasteiger partial charge in [0.1, 0.15) is 0 Å². The van der Waals surface area contributed by atoms with Crippen molar-refractivity contribution in [1.29, 1.82) is 0 Å². The summed E-state index contributed by atoms with van der Waals surface area (Å²) < 4.78 is 0. The van der Waals surface area contributed by atoms with Crippen LogP contribution in [0.3, 0.4) is 0 Å². The normalized spacial score (nSPS) is 28.6. The lowest BCUT2D eigenvalue weighted by atomic mass is 9.84. The lowest BCUT2D eigenvalue weighted by Gasteiger charge is -2.28. The molecule has 2 aliphatic heterocycles. The van der Waals surface area contributed by atoms with Gasteiger partial charge in [-0.25, -0.2) is 0 Å². The molecule has 2 heterocycles. The molecule has 2 heteroatoms. The minimum Gasteiger partial charge on any atom is -0.317 e. The van der Waals surface area contributed by atoms with Crippen LogP contribution in [0.15, 0.2) is 0 Å². The van der Waals surface area contributed by atoms with Crippen molar-refractivity contribution < 1.29 is 0 Å². The molecule has 15 heavy (non-hydrogen) atoms. The number of rotatable bonds is 2. The maximum absolute atomic E-state index is 3.45. The highest BCUT2D eigenvalue weighted by Crippen LogP contribution is 2.29. The van der Waals surface area contributed by atoms with Crippen molar-refractivity contribution in [2.75, 3.05) is 32.7 Å². The highest BCUT2D eigenvalue weighted by molar-refractivity contribution is 4.83. The molecule has 2 aliphatic rings. The van der Waals surface area contributed by atoms with E-state index < -0.39 is 0 Å². The second kappa shape index (κ2) is 7.24. The molecule has 0 aromatic rings. The first-order chi connectivity index (χ1) is 7.40. The van der Waals surface area contributed by atoms with Crippen LogP contribution in [-0.2, 0) is 0 Å². The SMILES string of the molecule is CC.CCN1CCC(C2CCNCC2)C1. The van der Waals surface area contributed by atoms with E-state index in [1.54, 1.807) is 0 Å². The fourth-order valence-corrected chi connectivity index (χ4v) is 2.85. The van der Waals surface area contributed by atoms with Gasteiger partial charge in [0.15, 0.2) is 0 Å². The largest absolute Gasteiger partial charge is 0.317 e. The second-order valence-corrected chi connectivity index (χ2v) is 4.53. The molecule has 0 spiro atoms. The van der Waals surface area contributed by atoms with Crippen molar-refractivity contribution in [3.63, 3.8) is 0 Å². The molecule has 2 fully saturated rings. The predicted octanol–water partition coefficient (Wildman–Crippen LogP) is 2.35. The van der Waals surface area contributed by atoms with Gasteiger partial charge in [-0.05, 0) is 57.3 Å². The summed E-state index contributed by atoms with van der Waals surface area (Å²) >= 11 is 0.